The van der Waals surface area contributed by atoms with Gasteiger partial charge < -0.3 is 19.6 Å². The lowest BCUT2D eigenvalue weighted by Gasteiger charge is -2.11. The zero-order chi connectivity index (χ0) is 15.7. The number of carbonyl (C=O) groups excluding carboxylic acids is 2. The van der Waals surface area contributed by atoms with Crippen LogP contribution in [0.4, 0.5) is 0 Å². The van der Waals surface area contributed by atoms with Gasteiger partial charge in [0, 0.05) is 5.56 Å². The lowest BCUT2D eigenvalue weighted by atomic mass is 9.99. The first-order valence-corrected chi connectivity index (χ1v) is 6.58. The molecule has 2 heterocycles. The van der Waals surface area contributed by atoms with Gasteiger partial charge in [-0.25, -0.2) is 0 Å². The van der Waals surface area contributed by atoms with Crippen LogP contribution >= 0.6 is 0 Å². The quantitative estimate of drug-likeness (QED) is 0.514. The Kier molecular flexibility index (Phi) is 3.42. The van der Waals surface area contributed by atoms with Crippen LogP contribution in [0.1, 0.15) is 17.4 Å². The van der Waals surface area contributed by atoms with Crippen LogP contribution in [0, 0.1) is 0 Å². The number of carbonyl (C=O) groups is 2. The number of aliphatic hydroxyl groups excluding tert-OH is 1. The minimum Gasteiger partial charge on any atom is -0.507 e. The van der Waals surface area contributed by atoms with E-state index in [9.17, 15) is 14.7 Å². The Balaban J connectivity index is 2.11. The summed E-state index contributed by atoms with van der Waals surface area (Å²) in [4.78, 5) is 23.8. The van der Waals surface area contributed by atoms with E-state index in [1.54, 1.807) is 36.4 Å². The normalized spacial score (nSPS) is 20.0. The molecule has 1 fully saturated rings. The summed E-state index contributed by atoms with van der Waals surface area (Å²) in [6.45, 7) is 0. The minimum atomic E-state index is -0.804. The van der Waals surface area contributed by atoms with Crippen LogP contribution in [0.2, 0.25) is 0 Å². The number of benzene rings is 1. The molecule has 1 unspecified atom stereocenters. The van der Waals surface area contributed by atoms with Crippen molar-refractivity contribution in [2.45, 2.75) is 6.04 Å². The third-order valence-electron chi connectivity index (χ3n) is 3.44. The monoisotopic (exact) mass is 299 g/mol. The number of Topliss-reactive ketones (excluding diaryl/α,β-unsaturated/α-hetero) is 1. The van der Waals surface area contributed by atoms with Crippen molar-refractivity contribution in [2.24, 2.45) is 0 Å². The summed E-state index contributed by atoms with van der Waals surface area (Å²) in [7, 11) is 1.50. The number of aliphatic hydroxyl groups is 1. The van der Waals surface area contributed by atoms with Crippen molar-refractivity contribution < 1.29 is 23.8 Å². The predicted octanol–water partition coefficient (Wildman–Crippen LogP) is 2.00. The van der Waals surface area contributed by atoms with Crippen LogP contribution in [-0.2, 0) is 9.59 Å². The third-order valence-corrected chi connectivity index (χ3v) is 3.44. The van der Waals surface area contributed by atoms with Gasteiger partial charge in [0.05, 0.1) is 18.9 Å². The summed E-state index contributed by atoms with van der Waals surface area (Å²) in [6, 6.07) is 9.07. The second-order valence-electron chi connectivity index (χ2n) is 4.75. The summed E-state index contributed by atoms with van der Waals surface area (Å²) >= 11 is 0. The smallest absolute Gasteiger partial charge is 0.293 e. The van der Waals surface area contributed by atoms with E-state index in [-0.39, 0.29) is 11.3 Å². The molecular weight excluding hydrogens is 286 g/mol. The fraction of sp³-hybridized carbons (Fsp3) is 0.125. The number of hydrogen-bond donors (Lipinski definition) is 2. The highest BCUT2D eigenvalue weighted by Gasteiger charge is 2.40. The van der Waals surface area contributed by atoms with E-state index in [2.05, 4.69) is 5.32 Å². The average Bonchev–Trinajstić information content (AvgIpc) is 3.16. The second-order valence-corrected chi connectivity index (χ2v) is 4.75. The molecule has 2 aromatic rings. The zero-order valence-corrected chi connectivity index (χ0v) is 11.7. The van der Waals surface area contributed by atoms with E-state index in [4.69, 9.17) is 9.15 Å². The molecule has 1 atom stereocenters. The van der Waals surface area contributed by atoms with Gasteiger partial charge in [-0.05, 0) is 24.3 Å². The van der Waals surface area contributed by atoms with Crippen molar-refractivity contribution in [1.82, 2.24) is 5.32 Å². The predicted molar refractivity (Wildman–Crippen MR) is 77.1 cm³/mol. The summed E-state index contributed by atoms with van der Waals surface area (Å²) in [5, 5.41) is 13.0. The molecule has 1 saturated heterocycles. The first-order valence-electron chi connectivity index (χ1n) is 6.58. The number of ether oxygens (including phenoxy) is 1. The van der Waals surface area contributed by atoms with Crippen LogP contribution < -0.4 is 10.1 Å². The Morgan fingerprint density at radius 3 is 2.77 bits per heavy atom. The van der Waals surface area contributed by atoms with Gasteiger partial charge in [-0.1, -0.05) is 12.1 Å². The third kappa shape index (κ3) is 2.24. The van der Waals surface area contributed by atoms with Gasteiger partial charge in [0.15, 0.2) is 0 Å². The van der Waals surface area contributed by atoms with Crippen molar-refractivity contribution in [1.29, 1.82) is 0 Å². The van der Waals surface area contributed by atoms with Gasteiger partial charge in [0.1, 0.15) is 23.3 Å². The largest absolute Gasteiger partial charge is 0.507 e. The van der Waals surface area contributed by atoms with Crippen LogP contribution in [-0.4, -0.2) is 23.9 Å². The lowest BCUT2D eigenvalue weighted by Crippen LogP contribution is -2.20. The van der Waals surface area contributed by atoms with E-state index in [0.717, 1.165) is 0 Å². The van der Waals surface area contributed by atoms with Crippen molar-refractivity contribution in [2.75, 3.05) is 7.11 Å². The van der Waals surface area contributed by atoms with Crippen LogP contribution in [0.25, 0.3) is 5.76 Å². The van der Waals surface area contributed by atoms with Gasteiger partial charge >= 0.3 is 0 Å². The molecule has 0 saturated carbocycles. The standard InChI is InChI=1S/C16H13NO5/c1-21-10-5-2-4-9(8-10)14(18)12-13(11-6-3-7-22-11)17-16(20)15(12)19/h2-8,13,18H,1H3,(H,17,20)/b14-12-. The van der Waals surface area contributed by atoms with E-state index in [1.807, 2.05) is 0 Å². The molecule has 1 aliphatic rings. The highest BCUT2D eigenvalue weighted by atomic mass is 16.5. The number of amides is 1. The van der Waals surface area contributed by atoms with Crippen molar-refractivity contribution in [3.8, 4) is 5.75 Å². The highest BCUT2D eigenvalue weighted by Crippen LogP contribution is 2.33. The Bertz CT molecular complexity index is 761. The average molecular weight is 299 g/mol. The van der Waals surface area contributed by atoms with Gasteiger partial charge in [-0.2, -0.15) is 0 Å². The maximum absolute atomic E-state index is 12.1. The molecule has 2 N–H and O–H groups in total. The highest BCUT2D eigenvalue weighted by molar-refractivity contribution is 6.46. The van der Waals surface area contributed by atoms with Crippen LogP contribution in [0.3, 0.4) is 0 Å². The Hall–Kier alpha value is -3.02. The molecule has 1 aliphatic heterocycles. The number of ketones is 1. The maximum atomic E-state index is 12.1. The van der Waals surface area contributed by atoms with E-state index in [1.165, 1.54) is 13.4 Å². The summed E-state index contributed by atoms with van der Waals surface area (Å²) in [5.74, 6) is -0.913. The van der Waals surface area contributed by atoms with E-state index >= 15 is 0 Å². The molecule has 6 nitrogen and oxygen atoms in total. The summed E-state index contributed by atoms with van der Waals surface area (Å²) < 4.78 is 10.3. The first-order chi connectivity index (χ1) is 10.6. The van der Waals surface area contributed by atoms with Gasteiger partial charge in [0.25, 0.3) is 11.7 Å². The molecule has 0 aliphatic carbocycles. The topological polar surface area (TPSA) is 88.8 Å². The van der Waals surface area contributed by atoms with Gasteiger partial charge in [0.2, 0.25) is 0 Å². The molecule has 112 valence electrons. The van der Waals surface area contributed by atoms with Crippen molar-refractivity contribution in [3.63, 3.8) is 0 Å². The van der Waals surface area contributed by atoms with E-state index < -0.39 is 17.7 Å². The number of hydrogen-bond acceptors (Lipinski definition) is 5. The number of furan rings is 1. The Labute approximate surface area is 126 Å². The molecule has 1 aromatic heterocycles. The maximum Gasteiger partial charge on any atom is 0.293 e. The molecule has 22 heavy (non-hydrogen) atoms. The summed E-state index contributed by atoms with van der Waals surface area (Å²) in [6.07, 6.45) is 1.44. The molecule has 0 bridgehead atoms. The molecule has 1 amide bonds. The van der Waals surface area contributed by atoms with Crippen LogP contribution in [0.15, 0.2) is 52.7 Å². The molecular formula is C16H13NO5. The first kappa shape index (κ1) is 13.9. The fourth-order valence-electron chi connectivity index (χ4n) is 2.36. The molecule has 6 heteroatoms. The fourth-order valence-corrected chi connectivity index (χ4v) is 2.36. The Morgan fingerprint density at radius 1 is 1.27 bits per heavy atom. The SMILES string of the molecule is COc1cccc(/C(O)=C2/C(=O)C(=O)NC2c2ccco2)c1. The molecule has 0 radical (unpaired) electrons. The summed E-state index contributed by atoms with van der Waals surface area (Å²) in [5.41, 5.74) is 0.351. The van der Waals surface area contributed by atoms with Crippen molar-refractivity contribution in [3.05, 3.63) is 59.6 Å². The van der Waals surface area contributed by atoms with Crippen molar-refractivity contribution >= 4 is 17.4 Å². The number of nitrogens with one attached hydrogen (secondary N) is 1. The second kappa shape index (κ2) is 5.40. The van der Waals surface area contributed by atoms with E-state index in [0.29, 0.717) is 17.1 Å². The molecule has 1 aromatic carbocycles. The lowest BCUT2D eigenvalue weighted by molar-refractivity contribution is -0.133. The molecule has 0 spiro atoms. The van der Waals surface area contributed by atoms with Gasteiger partial charge in [-0.15, -0.1) is 0 Å². The minimum absolute atomic E-state index is 0.0341. The van der Waals surface area contributed by atoms with Gasteiger partial charge in [-0.3, -0.25) is 9.59 Å². The number of rotatable bonds is 3. The molecule has 3 rings (SSSR count). The Morgan fingerprint density at radius 2 is 2.09 bits per heavy atom. The zero-order valence-electron chi connectivity index (χ0n) is 11.7. The number of methoxy groups -OCH3 is 1. The van der Waals surface area contributed by atoms with Crippen LogP contribution in [0.5, 0.6) is 5.75 Å².